The number of nitrogens with one attached hydrogen (secondary N) is 1. The van der Waals surface area contributed by atoms with E-state index >= 15 is 0 Å². The molecule has 3 aromatic heterocycles. The Hall–Kier alpha value is -7.86. The zero-order chi connectivity index (χ0) is 40.4. The molecule has 0 unspecified atom stereocenters. The quantitative estimate of drug-likeness (QED) is 0.182. The predicted octanol–water partition coefficient (Wildman–Crippen LogP) is 15.2. The van der Waals surface area contributed by atoms with Crippen LogP contribution < -0.4 is 0 Å². The fraction of sp³-hybridized carbons (Fsp3) is 0. The van der Waals surface area contributed by atoms with Gasteiger partial charge >= 0.3 is 0 Å². The van der Waals surface area contributed by atoms with Crippen LogP contribution in [0.15, 0.2) is 199 Å². The molecule has 6 heteroatoms. The highest BCUT2D eigenvalue weighted by Gasteiger charge is 2.18. The number of halogens is 1. The average molecular weight is 801 g/mol. The van der Waals surface area contributed by atoms with Crippen LogP contribution in [0, 0.1) is 0 Å². The Balaban J connectivity index is 0.855. The molecule has 0 bridgehead atoms. The Bertz CT molecular complexity index is 3650. The molecule has 3 heterocycles. The van der Waals surface area contributed by atoms with Gasteiger partial charge in [0.15, 0.2) is 11.6 Å². The van der Waals surface area contributed by atoms with Crippen LogP contribution in [0.2, 0.25) is 5.28 Å². The molecule has 0 aliphatic heterocycles. The molecule has 0 atom stereocenters. The standard InChI is InChI=1S/C55H33ClN4O/c56-55-59-53(37-23-19-34(20-24-37)33-9-2-1-3-10-33)58-54(60-55)38-25-21-35(22-26-38)39-12-6-13-40(31-39)41-28-30-49-48(32-41)47-18-8-17-46(52(47)61-49)44-16-7-15-43-45-29-27-36-11-4-5-14-42(36)50(45)57-51(43)44/h1-32,57H. The van der Waals surface area contributed by atoms with Crippen molar-refractivity contribution in [2.24, 2.45) is 0 Å². The molecule has 286 valence electrons. The maximum atomic E-state index is 6.69. The summed E-state index contributed by atoms with van der Waals surface area (Å²) in [7, 11) is 0. The lowest BCUT2D eigenvalue weighted by Gasteiger charge is -2.09. The first-order valence-electron chi connectivity index (χ1n) is 20.3. The molecular formula is C55H33ClN4O. The zero-order valence-electron chi connectivity index (χ0n) is 32.6. The first-order chi connectivity index (χ1) is 30.1. The molecule has 12 rings (SSSR count). The SMILES string of the molecule is Clc1nc(-c2ccc(-c3ccccc3)cc2)nc(-c2ccc(-c3cccc(-c4ccc5oc6c(-c7cccc8c7[nH]c7c9ccccc9ccc87)cccc6c5c4)c3)cc2)n1. The number of fused-ring (bicyclic) bond motifs is 8. The van der Waals surface area contributed by atoms with E-state index in [-0.39, 0.29) is 5.28 Å². The Labute approximate surface area is 355 Å². The van der Waals surface area contributed by atoms with Crippen LogP contribution in [-0.2, 0) is 0 Å². The van der Waals surface area contributed by atoms with E-state index in [4.69, 9.17) is 21.0 Å². The van der Waals surface area contributed by atoms with Gasteiger partial charge in [0.25, 0.3) is 0 Å². The Morgan fingerprint density at radius 2 is 0.902 bits per heavy atom. The molecule has 0 radical (unpaired) electrons. The van der Waals surface area contributed by atoms with Gasteiger partial charge in [-0.25, -0.2) is 4.98 Å². The monoisotopic (exact) mass is 800 g/mol. The van der Waals surface area contributed by atoms with Crippen LogP contribution in [0.3, 0.4) is 0 Å². The number of aromatic nitrogens is 4. The van der Waals surface area contributed by atoms with E-state index in [0.29, 0.717) is 11.6 Å². The normalized spacial score (nSPS) is 11.7. The molecule has 5 nitrogen and oxygen atoms in total. The summed E-state index contributed by atoms with van der Waals surface area (Å²) < 4.78 is 6.69. The third-order valence-electron chi connectivity index (χ3n) is 11.9. The van der Waals surface area contributed by atoms with E-state index in [0.717, 1.165) is 88.6 Å². The summed E-state index contributed by atoms with van der Waals surface area (Å²) in [5.41, 5.74) is 14.6. The maximum Gasteiger partial charge on any atom is 0.226 e. The molecule has 0 aliphatic carbocycles. The largest absolute Gasteiger partial charge is 0.455 e. The van der Waals surface area contributed by atoms with Gasteiger partial charge in [0.05, 0.1) is 11.0 Å². The third-order valence-corrected chi connectivity index (χ3v) is 12.0. The highest BCUT2D eigenvalue weighted by atomic mass is 35.5. The van der Waals surface area contributed by atoms with Gasteiger partial charge in [0.1, 0.15) is 11.2 Å². The molecule has 61 heavy (non-hydrogen) atoms. The fourth-order valence-corrected chi connectivity index (χ4v) is 8.98. The second-order valence-electron chi connectivity index (χ2n) is 15.4. The van der Waals surface area contributed by atoms with Crippen LogP contribution in [0.5, 0.6) is 0 Å². The van der Waals surface area contributed by atoms with Crippen molar-refractivity contribution in [1.29, 1.82) is 0 Å². The number of furan rings is 1. The molecule has 0 fully saturated rings. The molecule has 12 aromatic rings. The number of rotatable bonds is 6. The average Bonchev–Trinajstić information content (AvgIpc) is 3.91. The van der Waals surface area contributed by atoms with Gasteiger partial charge in [-0.1, -0.05) is 176 Å². The lowest BCUT2D eigenvalue weighted by molar-refractivity contribution is 0.670. The van der Waals surface area contributed by atoms with Crippen LogP contribution in [-0.4, -0.2) is 19.9 Å². The number of nitrogens with zero attached hydrogens (tertiary/aromatic N) is 3. The molecule has 0 saturated heterocycles. The van der Waals surface area contributed by atoms with Crippen molar-refractivity contribution >= 4 is 66.1 Å². The van der Waals surface area contributed by atoms with Gasteiger partial charge in [0, 0.05) is 49.2 Å². The summed E-state index contributed by atoms with van der Waals surface area (Å²) in [5, 5.41) is 7.19. The molecule has 0 saturated carbocycles. The number of H-pyrrole nitrogens is 1. The minimum Gasteiger partial charge on any atom is -0.455 e. The van der Waals surface area contributed by atoms with E-state index in [1.165, 1.54) is 21.5 Å². The molecule has 9 aromatic carbocycles. The lowest BCUT2D eigenvalue weighted by atomic mass is 9.96. The van der Waals surface area contributed by atoms with E-state index in [1.807, 2.05) is 42.5 Å². The molecule has 1 N–H and O–H groups in total. The number of para-hydroxylation sites is 2. The van der Waals surface area contributed by atoms with Crippen molar-refractivity contribution < 1.29 is 4.42 Å². The predicted molar refractivity (Wildman–Crippen MR) is 252 cm³/mol. The van der Waals surface area contributed by atoms with Gasteiger partial charge in [-0.05, 0) is 68.6 Å². The maximum absolute atomic E-state index is 6.69. The van der Waals surface area contributed by atoms with Gasteiger partial charge < -0.3 is 9.40 Å². The van der Waals surface area contributed by atoms with E-state index in [9.17, 15) is 0 Å². The summed E-state index contributed by atoms with van der Waals surface area (Å²) in [6, 6.07) is 67.9. The second-order valence-corrected chi connectivity index (χ2v) is 15.7. The van der Waals surface area contributed by atoms with Gasteiger partial charge in [-0.3, -0.25) is 0 Å². The highest BCUT2D eigenvalue weighted by Crippen LogP contribution is 2.42. The van der Waals surface area contributed by atoms with Crippen molar-refractivity contribution in [1.82, 2.24) is 19.9 Å². The number of benzene rings is 9. The van der Waals surface area contributed by atoms with Crippen molar-refractivity contribution in [2.45, 2.75) is 0 Å². The summed E-state index contributed by atoms with van der Waals surface area (Å²) in [6.07, 6.45) is 0. The van der Waals surface area contributed by atoms with Crippen LogP contribution in [0.4, 0.5) is 0 Å². The van der Waals surface area contributed by atoms with Crippen LogP contribution >= 0.6 is 11.6 Å². The summed E-state index contributed by atoms with van der Waals surface area (Å²) in [5.74, 6) is 1.06. The Kier molecular flexibility index (Phi) is 8.15. The topological polar surface area (TPSA) is 67.6 Å². The first-order valence-corrected chi connectivity index (χ1v) is 20.7. The summed E-state index contributed by atoms with van der Waals surface area (Å²) >= 11 is 6.46. The van der Waals surface area contributed by atoms with Crippen molar-refractivity contribution in [2.75, 3.05) is 0 Å². The second kappa shape index (κ2) is 14.2. The number of hydrogen-bond acceptors (Lipinski definition) is 4. The molecule has 0 spiro atoms. The van der Waals surface area contributed by atoms with Gasteiger partial charge in [-0.15, -0.1) is 0 Å². The van der Waals surface area contributed by atoms with Crippen LogP contribution in [0.25, 0.3) is 122 Å². The Morgan fingerprint density at radius 1 is 0.361 bits per heavy atom. The smallest absolute Gasteiger partial charge is 0.226 e. The van der Waals surface area contributed by atoms with Crippen LogP contribution in [0.1, 0.15) is 0 Å². The summed E-state index contributed by atoms with van der Waals surface area (Å²) in [6.45, 7) is 0. The van der Waals surface area contributed by atoms with E-state index in [1.54, 1.807) is 0 Å². The summed E-state index contributed by atoms with van der Waals surface area (Å²) in [4.78, 5) is 17.6. The minimum atomic E-state index is 0.155. The van der Waals surface area contributed by atoms with Crippen molar-refractivity contribution in [3.63, 3.8) is 0 Å². The third kappa shape index (κ3) is 6.05. The highest BCUT2D eigenvalue weighted by molar-refractivity contribution is 6.28. The van der Waals surface area contributed by atoms with Gasteiger partial charge in [-0.2, -0.15) is 9.97 Å². The van der Waals surface area contributed by atoms with Crippen molar-refractivity contribution in [3.8, 4) is 67.3 Å². The lowest BCUT2D eigenvalue weighted by Crippen LogP contribution is -1.97. The molecule has 0 aliphatic rings. The van der Waals surface area contributed by atoms with E-state index < -0.39 is 0 Å². The zero-order valence-corrected chi connectivity index (χ0v) is 33.4. The minimum absolute atomic E-state index is 0.155. The molecule has 0 amide bonds. The van der Waals surface area contributed by atoms with Gasteiger partial charge in [0.2, 0.25) is 5.28 Å². The van der Waals surface area contributed by atoms with Crippen molar-refractivity contribution in [3.05, 3.63) is 199 Å². The molecular weight excluding hydrogens is 768 g/mol. The number of hydrogen-bond donors (Lipinski definition) is 1. The first kappa shape index (κ1) is 35.1. The Morgan fingerprint density at radius 3 is 1.67 bits per heavy atom. The van der Waals surface area contributed by atoms with E-state index in [2.05, 4.69) is 167 Å². The fourth-order valence-electron chi connectivity index (χ4n) is 8.82. The number of aromatic amines is 1.